The molecule has 0 spiro atoms. The van der Waals surface area contributed by atoms with Crippen LogP contribution in [0.4, 0.5) is 5.69 Å². The van der Waals surface area contributed by atoms with Gasteiger partial charge in [-0.25, -0.2) is 0 Å². The average molecular weight is 295 g/mol. The van der Waals surface area contributed by atoms with E-state index in [-0.39, 0.29) is 0 Å². The molecule has 0 saturated carbocycles. The summed E-state index contributed by atoms with van der Waals surface area (Å²) in [7, 11) is 0. The average Bonchev–Trinajstić information content (AvgIpc) is 2.49. The smallest absolute Gasteiger partial charge is 0.0471 e. The van der Waals surface area contributed by atoms with Gasteiger partial charge in [-0.15, -0.1) is 0 Å². The molecule has 1 heterocycles. The Balaban J connectivity index is 2.22. The number of rotatable bonds is 6. The number of anilines is 1. The second-order valence-electron chi connectivity index (χ2n) is 5.67. The van der Waals surface area contributed by atoms with E-state index < -0.39 is 0 Å². The first-order valence-electron chi connectivity index (χ1n) is 8.02. The number of halogens is 1. The monoisotopic (exact) mass is 294 g/mol. The first-order valence-corrected chi connectivity index (χ1v) is 8.40. The lowest BCUT2D eigenvalue weighted by Crippen LogP contribution is -2.40. The molecule has 3 heteroatoms. The molecule has 2 rings (SSSR count). The molecule has 1 saturated heterocycles. The van der Waals surface area contributed by atoms with Crippen molar-refractivity contribution in [2.75, 3.05) is 18.0 Å². The summed E-state index contributed by atoms with van der Waals surface area (Å²) in [5.41, 5.74) is 2.61. The fourth-order valence-electron chi connectivity index (χ4n) is 3.12. The molecule has 112 valence electrons. The minimum atomic E-state index is 0.673. The van der Waals surface area contributed by atoms with E-state index in [1.807, 2.05) is 6.07 Å². The van der Waals surface area contributed by atoms with E-state index in [9.17, 15) is 0 Å². The molecule has 1 aromatic carbocycles. The largest absolute Gasteiger partial charge is 0.368 e. The number of benzene rings is 1. The zero-order chi connectivity index (χ0) is 14.4. The Labute approximate surface area is 128 Å². The van der Waals surface area contributed by atoms with E-state index in [4.69, 9.17) is 11.6 Å². The van der Waals surface area contributed by atoms with Crippen molar-refractivity contribution >= 4 is 17.3 Å². The Morgan fingerprint density at radius 2 is 2.15 bits per heavy atom. The van der Waals surface area contributed by atoms with Gasteiger partial charge in [-0.2, -0.15) is 0 Å². The van der Waals surface area contributed by atoms with Crippen molar-refractivity contribution in [2.24, 2.45) is 0 Å². The lowest BCUT2D eigenvalue weighted by molar-refractivity contribution is 0.448. The summed E-state index contributed by atoms with van der Waals surface area (Å²) in [5.74, 6) is 0. The maximum atomic E-state index is 6.45. The van der Waals surface area contributed by atoms with E-state index in [0.29, 0.717) is 6.04 Å². The highest BCUT2D eigenvalue weighted by atomic mass is 35.5. The number of hydrogen-bond acceptors (Lipinski definition) is 2. The van der Waals surface area contributed by atoms with Gasteiger partial charge in [0.25, 0.3) is 0 Å². The van der Waals surface area contributed by atoms with E-state index >= 15 is 0 Å². The van der Waals surface area contributed by atoms with Gasteiger partial charge >= 0.3 is 0 Å². The molecular weight excluding hydrogens is 268 g/mol. The fraction of sp³-hybridized carbons (Fsp3) is 0.647. The predicted molar refractivity (Wildman–Crippen MR) is 88.7 cm³/mol. The van der Waals surface area contributed by atoms with Gasteiger partial charge in [-0.05, 0) is 50.8 Å². The quantitative estimate of drug-likeness (QED) is 0.771. The standard InChI is InChI=1S/C17H27ClN2/c1-3-11-19-13-15-16(18)9-7-10-17(15)20-12-6-5-8-14(20)4-2/h7,9-10,14,19H,3-6,8,11-13H2,1-2H3. The highest BCUT2D eigenvalue weighted by Gasteiger charge is 2.23. The Kier molecular flexibility index (Phi) is 6.18. The summed E-state index contributed by atoms with van der Waals surface area (Å²) in [6.45, 7) is 7.57. The van der Waals surface area contributed by atoms with Gasteiger partial charge in [0.05, 0.1) is 0 Å². The van der Waals surface area contributed by atoms with Gasteiger partial charge in [0.15, 0.2) is 0 Å². The van der Waals surface area contributed by atoms with Crippen LogP contribution in [-0.2, 0) is 6.54 Å². The van der Waals surface area contributed by atoms with E-state index in [0.717, 1.165) is 24.5 Å². The van der Waals surface area contributed by atoms with Gasteiger partial charge in [-0.3, -0.25) is 0 Å². The van der Waals surface area contributed by atoms with Crippen molar-refractivity contribution in [1.82, 2.24) is 5.32 Å². The molecule has 0 aromatic heterocycles. The van der Waals surface area contributed by atoms with Crippen LogP contribution in [0.1, 0.15) is 51.5 Å². The van der Waals surface area contributed by atoms with Crippen LogP contribution in [0.2, 0.25) is 5.02 Å². The van der Waals surface area contributed by atoms with Crippen molar-refractivity contribution < 1.29 is 0 Å². The van der Waals surface area contributed by atoms with Crippen molar-refractivity contribution in [1.29, 1.82) is 0 Å². The highest BCUT2D eigenvalue weighted by Crippen LogP contribution is 2.32. The normalized spacial score (nSPS) is 19.4. The van der Waals surface area contributed by atoms with Crippen molar-refractivity contribution in [2.45, 2.75) is 58.5 Å². The van der Waals surface area contributed by atoms with Crippen molar-refractivity contribution in [3.8, 4) is 0 Å². The summed E-state index contributed by atoms with van der Waals surface area (Å²) in [6.07, 6.45) is 6.34. The minimum Gasteiger partial charge on any atom is -0.368 e. The Morgan fingerprint density at radius 3 is 2.90 bits per heavy atom. The second-order valence-corrected chi connectivity index (χ2v) is 6.07. The summed E-state index contributed by atoms with van der Waals surface area (Å²) in [4.78, 5) is 2.58. The van der Waals surface area contributed by atoms with Gasteiger partial charge in [0, 0.05) is 35.4 Å². The molecule has 1 fully saturated rings. The first kappa shape index (κ1) is 15.7. The Hall–Kier alpha value is -0.730. The van der Waals surface area contributed by atoms with Gasteiger partial charge in [-0.1, -0.05) is 31.5 Å². The molecule has 2 nitrogen and oxygen atoms in total. The third-order valence-corrected chi connectivity index (χ3v) is 4.58. The van der Waals surface area contributed by atoms with E-state index in [1.165, 1.54) is 43.5 Å². The summed E-state index contributed by atoms with van der Waals surface area (Å²) in [5, 5.41) is 4.39. The van der Waals surface area contributed by atoms with Crippen molar-refractivity contribution in [3.63, 3.8) is 0 Å². The van der Waals surface area contributed by atoms with Gasteiger partial charge in [0.1, 0.15) is 0 Å². The van der Waals surface area contributed by atoms with Crippen LogP contribution in [-0.4, -0.2) is 19.1 Å². The highest BCUT2D eigenvalue weighted by molar-refractivity contribution is 6.31. The maximum Gasteiger partial charge on any atom is 0.0471 e. The third-order valence-electron chi connectivity index (χ3n) is 4.23. The van der Waals surface area contributed by atoms with Crippen LogP contribution < -0.4 is 10.2 Å². The maximum absolute atomic E-state index is 6.45. The molecule has 1 aliphatic heterocycles. The van der Waals surface area contributed by atoms with Crippen LogP contribution >= 0.6 is 11.6 Å². The Morgan fingerprint density at radius 1 is 1.30 bits per heavy atom. The minimum absolute atomic E-state index is 0.673. The molecule has 1 N–H and O–H groups in total. The second kappa shape index (κ2) is 7.90. The third kappa shape index (κ3) is 3.67. The van der Waals surface area contributed by atoms with E-state index in [1.54, 1.807) is 0 Å². The lowest BCUT2D eigenvalue weighted by atomic mass is 9.98. The van der Waals surface area contributed by atoms with Crippen LogP contribution in [0.3, 0.4) is 0 Å². The topological polar surface area (TPSA) is 15.3 Å². The Bertz CT molecular complexity index is 419. The number of nitrogens with zero attached hydrogens (tertiary/aromatic N) is 1. The molecule has 1 aromatic rings. The van der Waals surface area contributed by atoms with Gasteiger partial charge in [0.2, 0.25) is 0 Å². The number of hydrogen-bond donors (Lipinski definition) is 1. The first-order chi connectivity index (χ1) is 9.77. The molecule has 0 bridgehead atoms. The molecule has 1 aliphatic rings. The molecule has 1 unspecified atom stereocenters. The molecule has 0 radical (unpaired) electrons. The van der Waals surface area contributed by atoms with Crippen LogP contribution in [0.15, 0.2) is 18.2 Å². The number of nitrogens with one attached hydrogen (secondary N) is 1. The number of piperidine rings is 1. The molecule has 1 atom stereocenters. The summed E-state index contributed by atoms with van der Waals surface area (Å²) >= 11 is 6.45. The molecule has 0 aliphatic carbocycles. The van der Waals surface area contributed by atoms with Gasteiger partial charge < -0.3 is 10.2 Å². The van der Waals surface area contributed by atoms with Crippen LogP contribution in [0.5, 0.6) is 0 Å². The van der Waals surface area contributed by atoms with Crippen LogP contribution in [0, 0.1) is 0 Å². The molecule has 20 heavy (non-hydrogen) atoms. The SMILES string of the molecule is CCCNCc1c(Cl)cccc1N1CCCCC1CC. The van der Waals surface area contributed by atoms with Crippen molar-refractivity contribution in [3.05, 3.63) is 28.8 Å². The molecular formula is C17H27ClN2. The summed E-state index contributed by atoms with van der Waals surface area (Å²) in [6, 6.07) is 7.01. The van der Waals surface area contributed by atoms with Crippen LogP contribution in [0.25, 0.3) is 0 Å². The zero-order valence-electron chi connectivity index (χ0n) is 12.8. The molecule has 0 amide bonds. The predicted octanol–water partition coefficient (Wildman–Crippen LogP) is 4.61. The summed E-state index contributed by atoms with van der Waals surface area (Å²) < 4.78 is 0. The zero-order valence-corrected chi connectivity index (χ0v) is 13.5. The fourth-order valence-corrected chi connectivity index (χ4v) is 3.36. The van der Waals surface area contributed by atoms with E-state index in [2.05, 4.69) is 36.2 Å². The lowest BCUT2D eigenvalue weighted by Gasteiger charge is -2.38.